The summed E-state index contributed by atoms with van der Waals surface area (Å²) in [6.45, 7) is 7.81. The monoisotopic (exact) mass is 371 g/mol. The van der Waals surface area contributed by atoms with E-state index < -0.39 is 0 Å². The number of nitrogens with one attached hydrogen (secondary N) is 1. The van der Waals surface area contributed by atoms with Crippen molar-refractivity contribution in [2.45, 2.75) is 19.9 Å². The van der Waals surface area contributed by atoms with E-state index in [0.29, 0.717) is 11.6 Å². The van der Waals surface area contributed by atoms with Crippen LogP contribution < -0.4 is 5.32 Å². The molecule has 1 aliphatic rings. The maximum Gasteiger partial charge on any atom is 0.255 e. The van der Waals surface area contributed by atoms with Crippen LogP contribution in [0.25, 0.3) is 0 Å². The Hall–Kier alpha value is -2.04. The van der Waals surface area contributed by atoms with Crippen LogP contribution in [0.5, 0.6) is 0 Å². The fourth-order valence-electron chi connectivity index (χ4n) is 3.71. The summed E-state index contributed by atoms with van der Waals surface area (Å²) in [7, 11) is 1.90. The molecule has 0 saturated carbocycles. The standard InChI is InChI=1S/C21H26ClN3O/c1-4-24(5-2)12-13-25-20(16-8-6-7-9-17(16)21(25)26)18-14-15(22)10-11-19(18)23-3/h6-11,14,20,23H,4-5,12-13H2,1-3H3. The first-order valence-corrected chi connectivity index (χ1v) is 9.57. The van der Waals surface area contributed by atoms with Crippen LogP contribution in [0.4, 0.5) is 5.69 Å². The Balaban J connectivity index is 2.03. The van der Waals surface area contributed by atoms with Crippen LogP contribution in [0.3, 0.4) is 0 Å². The van der Waals surface area contributed by atoms with Crippen LogP contribution in [0, 0.1) is 0 Å². The maximum absolute atomic E-state index is 13.1. The second kappa shape index (κ2) is 8.11. The van der Waals surface area contributed by atoms with Crippen LogP contribution in [0.2, 0.25) is 5.02 Å². The molecule has 1 unspecified atom stereocenters. The van der Waals surface area contributed by atoms with Crippen molar-refractivity contribution in [1.82, 2.24) is 9.80 Å². The van der Waals surface area contributed by atoms with Crippen molar-refractivity contribution in [2.75, 3.05) is 38.5 Å². The summed E-state index contributed by atoms with van der Waals surface area (Å²) in [5.74, 6) is 0.0970. The van der Waals surface area contributed by atoms with Gasteiger partial charge >= 0.3 is 0 Å². The third kappa shape index (κ3) is 3.44. The van der Waals surface area contributed by atoms with E-state index in [9.17, 15) is 4.79 Å². The lowest BCUT2D eigenvalue weighted by Gasteiger charge is -2.30. The molecular formula is C21H26ClN3O. The minimum absolute atomic E-state index is 0.0970. The van der Waals surface area contributed by atoms with Crippen molar-refractivity contribution in [3.05, 3.63) is 64.2 Å². The molecule has 0 spiro atoms. The molecule has 0 bridgehead atoms. The maximum atomic E-state index is 13.1. The van der Waals surface area contributed by atoms with Crippen LogP contribution in [0.1, 0.15) is 41.4 Å². The highest BCUT2D eigenvalue weighted by Gasteiger charge is 2.38. The topological polar surface area (TPSA) is 35.6 Å². The molecule has 1 N–H and O–H groups in total. The lowest BCUT2D eigenvalue weighted by Crippen LogP contribution is -2.37. The summed E-state index contributed by atoms with van der Waals surface area (Å²) in [4.78, 5) is 17.4. The van der Waals surface area contributed by atoms with Gasteiger partial charge in [0.1, 0.15) is 0 Å². The summed E-state index contributed by atoms with van der Waals surface area (Å²) in [6.07, 6.45) is 0. The summed E-state index contributed by atoms with van der Waals surface area (Å²) in [6, 6.07) is 13.6. The number of anilines is 1. The molecule has 1 heterocycles. The van der Waals surface area contributed by atoms with Crippen molar-refractivity contribution in [3.8, 4) is 0 Å². The molecule has 1 amide bonds. The Labute approximate surface area is 160 Å². The number of fused-ring (bicyclic) bond motifs is 1. The highest BCUT2D eigenvalue weighted by molar-refractivity contribution is 6.30. The number of carbonyl (C=O) groups is 1. The summed E-state index contributed by atoms with van der Waals surface area (Å²) in [5, 5.41) is 3.93. The molecule has 0 fully saturated rings. The highest BCUT2D eigenvalue weighted by atomic mass is 35.5. The van der Waals surface area contributed by atoms with Crippen molar-refractivity contribution in [3.63, 3.8) is 0 Å². The number of hydrogen-bond acceptors (Lipinski definition) is 3. The van der Waals surface area contributed by atoms with Crippen molar-refractivity contribution >= 4 is 23.2 Å². The summed E-state index contributed by atoms with van der Waals surface area (Å²) >= 11 is 6.30. The quantitative estimate of drug-likeness (QED) is 0.789. The second-order valence-electron chi connectivity index (χ2n) is 6.50. The molecule has 1 aliphatic heterocycles. The van der Waals surface area contributed by atoms with Gasteiger partial charge in [-0.3, -0.25) is 4.79 Å². The zero-order valence-electron chi connectivity index (χ0n) is 15.6. The molecule has 0 radical (unpaired) electrons. The van der Waals surface area contributed by atoms with E-state index in [1.54, 1.807) is 0 Å². The zero-order valence-corrected chi connectivity index (χ0v) is 16.4. The average Bonchev–Trinajstić information content (AvgIpc) is 2.95. The van der Waals surface area contributed by atoms with Gasteiger partial charge in [0, 0.05) is 42.0 Å². The first kappa shape index (κ1) is 18.7. The van der Waals surface area contributed by atoms with E-state index in [-0.39, 0.29) is 11.9 Å². The first-order valence-electron chi connectivity index (χ1n) is 9.20. The molecule has 2 aromatic rings. The molecule has 138 valence electrons. The van der Waals surface area contributed by atoms with Crippen molar-refractivity contribution in [1.29, 1.82) is 0 Å². The number of halogens is 1. The van der Waals surface area contributed by atoms with Gasteiger partial charge in [-0.15, -0.1) is 0 Å². The van der Waals surface area contributed by atoms with Gasteiger partial charge < -0.3 is 15.1 Å². The fraction of sp³-hybridized carbons (Fsp3) is 0.381. The third-order valence-corrected chi connectivity index (χ3v) is 5.42. The Morgan fingerprint density at radius 1 is 1.12 bits per heavy atom. The molecule has 3 rings (SSSR count). The van der Waals surface area contributed by atoms with Crippen LogP contribution in [-0.2, 0) is 0 Å². The van der Waals surface area contributed by atoms with Crippen LogP contribution >= 0.6 is 11.6 Å². The van der Waals surface area contributed by atoms with E-state index in [1.807, 2.05) is 48.3 Å². The van der Waals surface area contributed by atoms with Crippen molar-refractivity contribution in [2.24, 2.45) is 0 Å². The molecule has 2 aromatic carbocycles. The van der Waals surface area contributed by atoms with Gasteiger partial charge in [0.25, 0.3) is 5.91 Å². The number of rotatable bonds is 7. The van der Waals surface area contributed by atoms with E-state index >= 15 is 0 Å². The number of benzene rings is 2. The third-order valence-electron chi connectivity index (χ3n) is 5.19. The second-order valence-corrected chi connectivity index (χ2v) is 6.93. The van der Waals surface area contributed by atoms with Gasteiger partial charge in [0.2, 0.25) is 0 Å². The Morgan fingerprint density at radius 2 is 1.85 bits per heavy atom. The molecule has 5 heteroatoms. The molecule has 0 aromatic heterocycles. The number of amides is 1. The minimum atomic E-state index is -0.115. The normalized spacial score (nSPS) is 16.3. The highest BCUT2D eigenvalue weighted by Crippen LogP contribution is 2.41. The lowest BCUT2D eigenvalue weighted by atomic mass is 9.96. The Bertz CT molecular complexity index is 789. The molecule has 1 atom stereocenters. The predicted octanol–water partition coefficient (Wildman–Crippen LogP) is 4.27. The smallest absolute Gasteiger partial charge is 0.255 e. The van der Waals surface area contributed by atoms with Gasteiger partial charge in [0.15, 0.2) is 0 Å². The van der Waals surface area contributed by atoms with Crippen LogP contribution in [-0.4, -0.2) is 48.9 Å². The Kier molecular flexibility index (Phi) is 5.84. The average molecular weight is 372 g/mol. The summed E-state index contributed by atoms with van der Waals surface area (Å²) in [5.41, 5.74) is 3.88. The van der Waals surface area contributed by atoms with Gasteiger partial charge in [0.05, 0.1) is 6.04 Å². The van der Waals surface area contributed by atoms with E-state index in [0.717, 1.165) is 42.0 Å². The van der Waals surface area contributed by atoms with Gasteiger partial charge in [-0.05, 0) is 42.9 Å². The molecule has 0 aliphatic carbocycles. The van der Waals surface area contributed by atoms with E-state index in [4.69, 9.17) is 11.6 Å². The zero-order chi connectivity index (χ0) is 18.7. The van der Waals surface area contributed by atoms with E-state index in [1.165, 1.54) is 0 Å². The SMILES string of the molecule is CCN(CC)CCN1C(=O)c2ccccc2C1c1cc(Cl)ccc1NC. The van der Waals surface area contributed by atoms with Gasteiger partial charge in [-0.2, -0.15) is 0 Å². The van der Waals surface area contributed by atoms with Gasteiger partial charge in [-0.1, -0.05) is 43.6 Å². The number of likely N-dealkylation sites (N-methyl/N-ethyl adjacent to an activating group) is 1. The lowest BCUT2D eigenvalue weighted by molar-refractivity contribution is 0.0730. The van der Waals surface area contributed by atoms with E-state index in [2.05, 4.69) is 30.1 Å². The minimum Gasteiger partial charge on any atom is -0.388 e. The molecule has 0 saturated heterocycles. The molecular weight excluding hydrogens is 346 g/mol. The predicted molar refractivity (Wildman–Crippen MR) is 108 cm³/mol. The summed E-state index contributed by atoms with van der Waals surface area (Å²) < 4.78 is 0. The number of hydrogen-bond donors (Lipinski definition) is 1. The first-order chi connectivity index (χ1) is 12.6. The molecule has 4 nitrogen and oxygen atoms in total. The molecule has 26 heavy (non-hydrogen) atoms. The largest absolute Gasteiger partial charge is 0.388 e. The van der Waals surface area contributed by atoms with Gasteiger partial charge in [-0.25, -0.2) is 0 Å². The number of nitrogens with zero attached hydrogens (tertiary/aromatic N) is 2. The van der Waals surface area contributed by atoms with Crippen molar-refractivity contribution < 1.29 is 4.79 Å². The number of carbonyl (C=O) groups excluding carboxylic acids is 1. The Morgan fingerprint density at radius 3 is 2.54 bits per heavy atom. The fourth-order valence-corrected chi connectivity index (χ4v) is 3.89. The van der Waals surface area contributed by atoms with Crippen LogP contribution in [0.15, 0.2) is 42.5 Å².